The number of hydrogen-bond donors (Lipinski definition) is 1. The normalized spacial score (nSPS) is 12.3. The van der Waals surface area contributed by atoms with Crippen LogP contribution in [0.3, 0.4) is 0 Å². The fourth-order valence-electron chi connectivity index (χ4n) is 2.30. The molecule has 0 fully saturated rings. The summed E-state index contributed by atoms with van der Waals surface area (Å²) in [4.78, 5) is 0. The van der Waals surface area contributed by atoms with E-state index in [0.29, 0.717) is 10.9 Å². The summed E-state index contributed by atoms with van der Waals surface area (Å²) in [7, 11) is 0. The minimum atomic E-state index is -0.223. The molecule has 0 aromatic heterocycles. The Hall–Kier alpha value is -1.19. The van der Waals surface area contributed by atoms with Crippen molar-refractivity contribution in [2.24, 2.45) is 5.73 Å². The first-order valence-corrected chi connectivity index (χ1v) is 7.68. The maximum atomic E-state index is 13.4. The highest BCUT2D eigenvalue weighted by Gasteiger charge is 2.09. The minimum absolute atomic E-state index is 0.0665. The Labute approximate surface area is 128 Å². The Morgan fingerprint density at radius 1 is 1.05 bits per heavy atom. The predicted molar refractivity (Wildman–Crippen MR) is 85.2 cm³/mol. The zero-order chi connectivity index (χ0) is 14.4. The third-order valence-electron chi connectivity index (χ3n) is 3.40. The van der Waals surface area contributed by atoms with Crippen molar-refractivity contribution in [1.29, 1.82) is 0 Å². The van der Waals surface area contributed by atoms with Crippen molar-refractivity contribution in [3.05, 3.63) is 69.9 Å². The van der Waals surface area contributed by atoms with E-state index < -0.39 is 0 Å². The van der Waals surface area contributed by atoms with Crippen LogP contribution in [0.2, 0.25) is 0 Å². The van der Waals surface area contributed by atoms with E-state index in [-0.39, 0.29) is 11.9 Å². The Morgan fingerprint density at radius 2 is 1.80 bits per heavy atom. The van der Waals surface area contributed by atoms with Gasteiger partial charge < -0.3 is 5.73 Å². The van der Waals surface area contributed by atoms with Gasteiger partial charge in [0.25, 0.3) is 0 Å². The second-order valence-corrected chi connectivity index (χ2v) is 5.85. The van der Waals surface area contributed by atoms with Gasteiger partial charge in [-0.25, -0.2) is 4.39 Å². The molecule has 0 heterocycles. The van der Waals surface area contributed by atoms with Gasteiger partial charge >= 0.3 is 0 Å². The number of aryl methyl sites for hydroxylation is 1. The van der Waals surface area contributed by atoms with Crippen LogP contribution in [0.5, 0.6) is 0 Å². The van der Waals surface area contributed by atoms with Gasteiger partial charge in [-0.05, 0) is 58.8 Å². The van der Waals surface area contributed by atoms with Gasteiger partial charge in [-0.1, -0.05) is 42.5 Å². The van der Waals surface area contributed by atoms with Crippen molar-refractivity contribution in [1.82, 2.24) is 0 Å². The van der Waals surface area contributed by atoms with E-state index in [2.05, 4.69) is 40.2 Å². The van der Waals surface area contributed by atoms with Crippen LogP contribution in [0.1, 0.15) is 24.0 Å². The highest BCUT2D eigenvalue weighted by Crippen LogP contribution is 2.22. The van der Waals surface area contributed by atoms with Gasteiger partial charge in [0.05, 0.1) is 4.47 Å². The molecular weight excluding hydrogens is 317 g/mol. The number of benzene rings is 2. The number of nitrogens with two attached hydrogens (primary N) is 1. The first-order valence-electron chi connectivity index (χ1n) is 6.89. The van der Waals surface area contributed by atoms with Crippen LogP contribution in [-0.2, 0) is 12.8 Å². The average molecular weight is 336 g/mol. The van der Waals surface area contributed by atoms with E-state index >= 15 is 0 Å². The van der Waals surface area contributed by atoms with Crippen LogP contribution >= 0.6 is 15.9 Å². The van der Waals surface area contributed by atoms with Gasteiger partial charge in [-0.2, -0.15) is 0 Å². The van der Waals surface area contributed by atoms with Crippen molar-refractivity contribution >= 4 is 15.9 Å². The summed E-state index contributed by atoms with van der Waals surface area (Å²) in [5.41, 5.74) is 8.43. The van der Waals surface area contributed by atoms with Crippen LogP contribution in [0.25, 0.3) is 0 Å². The first-order chi connectivity index (χ1) is 9.66. The van der Waals surface area contributed by atoms with Crippen LogP contribution in [-0.4, -0.2) is 6.04 Å². The summed E-state index contributed by atoms with van der Waals surface area (Å²) >= 11 is 3.28. The molecule has 0 bridgehead atoms. The van der Waals surface area contributed by atoms with E-state index in [0.717, 1.165) is 24.8 Å². The lowest BCUT2D eigenvalue weighted by Gasteiger charge is -2.13. The summed E-state index contributed by atoms with van der Waals surface area (Å²) in [6, 6.07) is 15.6. The zero-order valence-corrected chi connectivity index (χ0v) is 12.9. The largest absolute Gasteiger partial charge is 0.327 e. The minimum Gasteiger partial charge on any atom is -0.327 e. The fourth-order valence-corrected chi connectivity index (χ4v) is 2.73. The van der Waals surface area contributed by atoms with Gasteiger partial charge in [0, 0.05) is 6.04 Å². The summed E-state index contributed by atoms with van der Waals surface area (Å²) in [6.45, 7) is 0. The van der Waals surface area contributed by atoms with Crippen molar-refractivity contribution in [3.63, 3.8) is 0 Å². The molecule has 1 unspecified atom stereocenters. The summed E-state index contributed by atoms with van der Waals surface area (Å²) in [6.07, 6.45) is 3.74. The molecule has 106 valence electrons. The molecule has 0 aliphatic heterocycles. The third kappa shape index (κ3) is 4.43. The SMILES string of the molecule is NC(CCCc1ccccc1)Cc1cccc(F)c1Br. The smallest absolute Gasteiger partial charge is 0.137 e. The molecule has 20 heavy (non-hydrogen) atoms. The molecule has 0 saturated heterocycles. The Morgan fingerprint density at radius 3 is 2.55 bits per heavy atom. The second kappa shape index (κ2) is 7.55. The van der Waals surface area contributed by atoms with E-state index in [1.54, 1.807) is 6.07 Å². The first kappa shape index (κ1) is 15.2. The molecule has 2 aromatic rings. The molecule has 0 spiro atoms. The fraction of sp³-hybridized carbons (Fsp3) is 0.294. The quantitative estimate of drug-likeness (QED) is 0.827. The zero-order valence-electron chi connectivity index (χ0n) is 11.4. The summed E-state index contributed by atoms with van der Waals surface area (Å²) in [5.74, 6) is -0.223. The van der Waals surface area contributed by atoms with Gasteiger partial charge in [-0.15, -0.1) is 0 Å². The maximum Gasteiger partial charge on any atom is 0.137 e. The average Bonchev–Trinajstić information content (AvgIpc) is 2.45. The Kier molecular flexibility index (Phi) is 5.74. The molecule has 1 nitrogen and oxygen atoms in total. The molecular formula is C17H19BrFN. The summed E-state index contributed by atoms with van der Waals surface area (Å²) < 4.78 is 14.0. The van der Waals surface area contributed by atoms with Crippen LogP contribution in [0.4, 0.5) is 4.39 Å². The third-order valence-corrected chi connectivity index (χ3v) is 4.28. The van der Waals surface area contributed by atoms with E-state index in [1.165, 1.54) is 11.6 Å². The summed E-state index contributed by atoms with van der Waals surface area (Å²) in [5, 5.41) is 0. The van der Waals surface area contributed by atoms with Gasteiger partial charge in [0.15, 0.2) is 0 Å². The number of halogens is 2. The van der Waals surface area contributed by atoms with Crippen molar-refractivity contribution in [2.45, 2.75) is 31.7 Å². The second-order valence-electron chi connectivity index (χ2n) is 5.05. The highest BCUT2D eigenvalue weighted by molar-refractivity contribution is 9.10. The monoisotopic (exact) mass is 335 g/mol. The number of rotatable bonds is 6. The lowest BCUT2D eigenvalue weighted by atomic mass is 10.00. The lowest BCUT2D eigenvalue weighted by molar-refractivity contribution is 0.572. The standard InChI is InChI=1S/C17H19BrFN/c18-17-14(9-5-11-16(17)19)12-15(20)10-4-8-13-6-2-1-3-7-13/h1-3,5-7,9,11,15H,4,8,10,12,20H2. The van der Waals surface area contributed by atoms with Crippen molar-refractivity contribution in [3.8, 4) is 0 Å². The Balaban J connectivity index is 1.81. The molecule has 2 N–H and O–H groups in total. The van der Waals surface area contributed by atoms with Crippen molar-refractivity contribution in [2.75, 3.05) is 0 Å². The lowest BCUT2D eigenvalue weighted by Crippen LogP contribution is -2.23. The van der Waals surface area contributed by atoms with Gasteiger partial charge in [0.1, 0.15) is 5.82 Å². The molecule has 0 amide bonds. The molecule has 3 heteroatoms. The maximum absolute atomic E-state index is 13.4. The highest BCUT2D eigenvalue weighted by atomic mass is 79.9. The van der Waals surface area contributed by atoms with E-state index in [1.807, 2.05) is 12.1 Å². The molecule has 1 atom stereocenters. The molecule has 0 saturated carbocycles. The predicted octanol–water partition coefficient (Wildman–Crippen LogP) is 4.48. The van der Waals surface area contributed by atoms with Crippen LogP contribution < -0.4 is 5.73 Å². The van der Waals surface area contributed by atoms with E-state index in [4.69, 9.17) is 5.73 Å². The molecule has 2 rings (SSSR count). The molecule has 0 radical (unpaired) electrons. The molecule has 0 aliphatic rings. The molecule has 2 aromatic carbocycles. The van der Waals surface area contributed by atoms with Crippen molar-refractivity contribution < 1.29 is 4.39 Å². The topological polar surface area (TPSA) is 26.0 Å². The van der Waals surface area contributed by atoms with E-state index in [9.17, 15) is 4.39 Å². The van der Waals surface area contributed by atoms with Gasteiger partial charge in [-0.3, -0.25) is 0 Å². The van der Waals surface area contributed by atoms with Crippen LogP contribution in [0, 0.1) is 5.82 Å². The van der Waals surface area contributed by atoms with Gasteiger partial charge in [0.2, 0.25) is 0 Å². The Bertz CT molecular complexity index is 542. The molecule has 0 aliphatic carbocycles. The van der Waals surface area contributed by atoms with Crippen LogP contribution in [0.15, 0.2) is 53.0 Å². The number of hydrogen-bond acceptors (Lipinski definition) is 1.